The summed E-state index contributed by atoms with van der Waals surface area (Å²) in [5.74, 6) is 2.59. The lowest BCUT2D eigenvalue weighted by Gasteiger charge is -2.35. The van der Waals surface area contributed by atoms with Crippen molar-refractivity contribution in [1.29, 1.82) is 0 Å². The zero-order valence-corrected chi connectivity index (χ0v) is 12.9. The van der Waals surface area contributed by atoms with Crippen LogP contribution in [-0.2, 0) is 0 Å². The second-order valence-electron chi connectivity index (χ2n) is 4.75. The molecular formula is C15H23NS2. The molecule has 1 aliphatic heterocycles. The van der Waals surface area contributed by atoms with Gasteiger partial charge >= 0.3 is 0 Å². The minimum Gasteiger partial charge on any atom is -0.309 e. The Hall–Kier alpha value is -0.120. The smallest absolute Gasteiger partial charge is 0.0451 e. The van der Waals surface area contributed by atoms with Gasteiger partial charge in [0.05, 0.1) is 0 Å². The first-order valence-electron chi connectivity index (χ1n) is 6.84. The highest BCUT2D eigenvalue weighted by molar-refractivity contribution is 8.07. The second kappa shape index (κ2) is 7.46. The van der Waals surface area contributed by atoms with Gasteiger partial charge in [-0.1, -0.05) is 44.2 Å². The summed E-state index contributed by atoms with van der Waals surface area (Å²) in [6, 6.07) is 11.4. The molecule has 18 heavy (non-hydrogen) atoms. The zero-order chi connectivity index (χ0) is 12.8. The molecule has 0 bridgehead atoms. The van der Waals surface area contributed by atoms with Crippen molar-refractivity contribution in [3.05, 3.63) is 35.9 Å². The molecule has 1 saturated heterocycles. The normalized spacial score (nSPS) is 25.9. The molecule has 100 valence electrons. The molecule has 1 heterocycles. The van der Waals surface area contributed by atoms with Crippen molar-refractivity contribution >= 4 is 23.5 Å². The van der Waals surface area contributed by atoms with Gasteiger partial charge in [0.15, 0.2) is 0 Å². The van der Waals surface area contributed by atoms with Crippen LogP contribution in [0.3, 0.4) is 0 Å². The third kappa shape index (κ3) is 3.69. The Morgan fingerprint density at radius 2 is 1.94 bits per heavy atom. The van der Waals surface area contributed by atoms with Crippen LogP contribution in [0.1, 0.15) is 31.9 Å². The van der Waals surface area contributed by atoms with Gasteiger partial charge in [-0.25, -0.2) is 0 Å². The second-order valence-corrected chi connectivity index (χ2v) is 7.52. The Bertz CT molecular complexity index is 342. The summed E-state index contributed by atoms with van der Waals surface area (Å²) in [5.41, 5.74) is 1.44. The van der Waals surface area contributed by atoms with E-state index in [1.54, 1.807) is 0 Å². The number of hydrogen-bond acceptors (Lipinski definition) is 3. The van der Waals surface area contributed by atoms with Crippen LogP contribution in [0.25, 0.3) is 0 Å². The van der Waals surface area contributed by atoms with Crippen LogP contribution in [0.5, 0.6) is 0 Å². The summed E-state index contributed by atoms with van der Waals surface area (Å²) in [6.45, 7) is 5.72. The number of nitrogens with one attached hydrogen (secondary N) is 1. The van der Waals surface area contributed by atoms with Gasteiger partial charge in [0, 0.05) is 28.0 Å². The van der Waals surface area contributed by atoms with Crippen LogP contribution < -0.4 is 5.32 Å². The van der Waals surface area contributed by atoms with Gasteiger partial charge in [-0.2, -0.15) is 23.5 Å². The van der Waals surface area contributed by atoms with Crippen molar-refractivity contribution in [2.75, 3.05) is 18.1 Å². The number of hydrogen-bond donors (Lipinski definition) is 1. The van der Waals surface area contributed by atoms with Gasteiger partial charge in [0.1, 0.15) is 0 Å². The molecule has 3 unspecified atom stereocenters. The third-order valence-corrected chi connectivity index (χ3v) is 6.53. The van der Waals surface area contributed by atoms with Gasteiger partial charge < -0.3 is 5.32 Å². The summed E-state index contributed by atoms with van der Waals surface area (Å²) in [4.78, 5) is 0. The van der Waals surface area contributed by atoms with Crippen LogP contribution >= 0.6 is 23.5 Å². The van der Waals surface area contributed by atoms with Crippen LogP contribution in [0.2, 0.25) is 0 Å². The van der Waals surface area contributed by atoms with E-state index in [1.807, 2.05) is 0 Å². The zero-order valence-electron chi connectivity index (χ0n) is 11.3. The van der Waals surface area contributed by atoms with Gasteiger partial charge in [-0.15, -0.1) is 0 Å². The van der Waals surface area contributed by atoms with Crippen LogP contribution in [0.15, 0.2) is 30.3 Å². The molecule has 1 fully saturated rings. The Kier molecular flexibility index (Phi) is 5.93. The van der Waals surface area contributed by atoms with Gasteiger partial charge in [-0.05, 0) is 18.5 Å². The first-order chi connectivity index (χ1) is 8.83. The molecule has 0 aliphatic carbocycles. The summed E-state index contributed by atoms with van der Waals surface area (Å²) >= 11 is 4.26. The van der Waals surface area contributed by atoms with E-state index in [4.69, 9.17) is 0 Å². The van der Waals surface area contributed by atoms with E-state index < -0.39 is 0 Å². The highest BCUT2D eigenvalue weighted by atomic mass is 32.2. The Labute approximate surface area is 120 Å². The Morgan fingerprint density at radius 1 is 1.22 bits per heavy atom. The quantitative estimate of drug-likeness (QED) is 0.877. The highest BCUT2D eigenvalue weighted by Gasteiger charge is 2.30. The number of benzene rings is 1. The maximum Gasteiger partial charge on any atom is 0.0451 e. The molecule has 3 atom stereocenters. The Morgan fingerprint density at radius 3 is 2.61 bits per heavy atom. The molecule has 1 aliphatic rings. The van der Waals surface area contributed by atoms with Crippen LogP contribution in [0, 0.1) is 0 Å². The molecule has 0 saturated carbocycles. The molecule has 1 aromatic carbocycles. The van der Waals surface area contributed by atoms with E-state index in [0.717, 1.165) is 11.8 Å². The average molecular weight is 281 g/mol. The van der Waals surface area contributed by atoms with E-state index in [-0.39, 0.29) is 0 Å². The van der Waals surface area contributed by atoms with E-state index in [1.165, 1.54) is 23.5 Å². The fraction of sp³-hybridized carbons (Fsp3) is 0.600. The summed E-state index contributed by atoms with van der Waals surface area (Å²) in [5, 5.41) is 5.18. The summed E-state index contributed by atoms with van der Waals surface area (Å²) in [6.07, 6.45) is 1.20. The molecule has 2 rings (SSSR count). The van der Waals surface area contributed by atoms with Crippen LogP contribution in [-0.4, -0.2) is 28.6 Å². The van der Waals surface area contributed by atoms with Crippen molar-refractivity contribution in [2.24, 2.45) is 0 Å². The first kappa shape index (κ1) is 14.3. The monoisotopic (exact) mass is 281 g/mol. The minimum atomic E-state index is 0.499. The lowest BCUT2D eigenvalue weighted by atomic mass is 10.0. The van der Waals surface area contributed by atoms with Gasteiger partial charge in [-0.3, -0.25) is 0 Å². The minimum absolute atomic E-state index is 0.499. The third-order valence-electron chi connectivity index (χ3n) is 3.34. The number of thioether (sulfide) groups is 2. The predicted octanol–water partition coefficient (Wildman–Crippen LogP) is 3.96. The van der Waals surface area contributed by atoms with Crippen molar-refractivity contribution in [3.63, 3.8) is 0 Å². The molecule has 1 aromatic rings. The molecular weight excluding hydrogens is 258 g/mol. The number of rotatable bonds is 5. The molecule has 3 heteroatoms. The van der Waals surface area contributed by atoms with Crippen molar-refractivity contribution < 1.29 is 0 Å². The SMILES string of the molecule is CCCNC(c1ccccc1)C1SCCSC1C. The van der Waals surface area contributed by atoms with Gasteiger partial charge in [0.25, 0.3) is 0 Å². The fourth-order valence-electron chi connectivity index (χ4n) is 2.40. The lowest BCUT2D eigenvalue weighted by Crippen LogP contribution is -2.38. The van der Waals surface area contributed by atoms with Crippen molar-refractivity contribution in [3.8, 4) is 0 Å². The maximum atomic E-state index is 3.75. The first-order valence-corrected chi connectivity index (χ1v) is 8.94. The molecule has 0 spiro atoms. The summed E-state index contributed by atoms with van der Waals surface area (Å²) < 4.78 is 0. The van der Waals surface area contributed by atoms with E-state index in [2.05, 4.69) is 73.0 Å². The summed E-state index contributed by atoms with van der Waals surface area (Å²) in [7, 11) is 0. The predicted molar refractivity (Wildman–Crippen MR) is 85.6 cm³/mol. The Balaban J connectivity index is 2.13. The van der Waals surface area contributed by atoms with Crippen molar-refractivity contribution in [2.45, 2.75) is 36.8 Å². The van der Waals surface area contributed by atoms with Crippen LogP contribution in [0.4, 0.5) is 0 Å². The largest absolute Gasteiger partial charge is 0.309 e. The van der Waals surface area contributed by atoms with E-state index >= 15 is 0 Å². The topological polar surface area (TPSA) is 12.0 Å². The van der Waals surface area contributed by atoms with E-state index in [9.17, 15) is 0 Å². The fourth-order valence-corrected chi connectivity index (χ4v) is 5.35. The molecule has 1 N–H and O–H groups in total. The molecule has 1 nitrogen and oxygen atoms in total. The van der Waals surface area contributed by atoms with Crippen molar-refractivity contribution in [1.82, 2.24) is 5.32 Å². The average Bonchev–Trinajstić information content (AvgIpc) is 2.42. The van der Waals surface area contributed by atoms with Gasteiger partial charge in [0.2, 0.25) is 0 Å². The molecule has 0 amide bonds. The highest BCUT2D eigenvalue weighted by Crippen LogP contribution is 2.38. The maximum absolute atomic E-state index is 3.75. The van der Waals surface area contributed by atoms with E-state index in [0.29, 0.717) is 11.3 Å². The lowest BCUT2D eigenvalue weighted by molar-refractivity contribution is 0.509. The molecule has 0 aromatic heterocycles. The standard InChI is InChI=1S/C15H23NS2/c1-3-9-16-14(13-7-5-4-6-8-13)15-12(2)17-10-11-18-15/h4-8,12,14-16H,3,9-11H2,1-2H3. The molecule has 0 radical (unpaired) electrons.